The Bertz CT molecular complexity index is 451. The van der Waals surface area contributed by atoms with E-state index in [9.17, 15) is 0 Å². The second-order valence-corrected chi connectivity index (χ2v) is 3.27. The van der Waals surface area contributed by atoms with Gasteiger partial charge in [0, 0.05) is 11.8 Å². The molecule has 72 valence electrons. The largest absolute Gasteiger partial charge is 0.330 e. The summed E-state index contributed by atoms with van der Waals surface area (Å²) in [6.45, 7) is 2.53. The fraction of sp³-hybridized carbons (Fsp3) is 0.273. The van der Waals surface area contributed by atoms with Crippen LogP contribution in [0, 0.1) is 6.92 Å². The second-order valence-electron chi connectivity index (χ2n) is 3.27. The third-order valence-electron chi connectivity index (χ3n) is 2.18. The summed E-state index contributed by atoms with van der Waals surface area (Å²) in [5.74, 6) is 0.812. The van der Waals surface area contributed by atoms with Gasteiger partial charge in [-0.25, -0.2) is 9.97 Å². The number of hydrogen-bond donors (Lipinski definition) is 1. The predicted molar refractivity (Wildman–Crippen MR) is 57.0 cm³/mol. The van der Waals surface area contributed by atoms with Crippen LogP contribution in [0.5, 0.6) is 0 Å². The number of hydrogen-bond acceptors (Lipinski definition) is 3. The van der Waals surface area contributed by atoms with Crippen molar-refractivity contribution >= 4 is 10.9 Å². The molecule has 0 aliphatic heterocycles. The molecule has 3 heteroatoms. The average molecular weight is 187 g/mol. The number of nitrogens with two attached hydrogens (primary N) is 1. The van der Waals surface area contributed by atoms with Gasteiger partial charge in [0.05, 0.1) is 11.2 Å². The summed E-state index contributed by atoms with van der Waals surface area (Å²) in [7, 11) is 0. The summed E-state index contributed by atoms with van der Waals surface area (Å²) in [5.41, 5.74) is 7.60. The highest BCUT2D eigenvalue weighted by Gasteiger charge is 2.03. The maximum absolute atomic E-state index is 5.54. The maximum Gasteiger partial charge on any atom is 0.126 e. The van der Waals surface area contributed by atoms with E-state index in [1.54, 1.807) is 0 Å². The maximum atomic E-state index is 5.54. The predicted octanol–water partition coefficient (Wildman–Crippen LogP) is 1.44. The third kappa shape index (κ3) is 1.59. The Kier molecular flexibility index (Phi) is 2.41. The molecule has 14 heavy (non-hydrogen) atoms. The Morgan fingerprint density at radius 2 is 2.00 bits per heavy atom. The average Bonchev–Trinajstić information content (AvgIpc) is 2.18. The highest BCUT2D eigenvalue weighted by molar-refractivity contribution is 5.80. The van der Waals surface area contributed by atoms with Gasteiger partial charge in [-0.1, -0.05) is 18.2 Å². The molecule has 0 radical (unpaired) electrons. The Morgan fingerprint density at radius 3 is 2.79 bits per heavy atom. The molecule has 0 fully saturated rings. The number of aromatic nitrogens is 2. The van der Waals surface area contributed by atoms with Crippen molar-refractivity contribution in [3.05, 3.63) is 35.8 Å². The Morgan fingerprint density at radius 1 is 1.21 bits per heavy atom. The number of para-hydroxylation sites is 1. The van der Waals surface area contributed by atoms with E-state index in [0.717, 1.165) is 28.8 Å². The van der Waals surface area contributed by atoms with Crippen LogP contribution in [0.4, 0.5) is 0 Å². The van der Waals surface area contributed by atoms with E-state index in [1.807, 2.05) is 31.2 Å². The molecule has 0 spiro atoms. The van der Waals surface area contributed by atoms with Gasteiger partial charge >= 0.3 is 0 Å². The van der Waals surface area contributed by atoms with E-state index >= 15 is 0 Å². The number of aryl methyl sites for hydroxylation is 1. The molecular weight excluding hydrogens is 174 g/mol. The topological polar surface area (TPSA) is 51.8 Å². The molecule has 0 unspecified atom stereocenters. The number of benzene rings is 1. The van der Waals surface area contributed by atoms with E-state index in [0.29, 0.717) is 6.54 Å². The quantitative estimate of drug-likeness (QED) is 0.774. The smallest absolute Gasteiger partial charge is 0.126 e. The van der Waals surface area contributed by atoms with Crippen LogP contribution in [-0.4, -0.2) is 16.5 Å². The van der Waals surface area contributed by atoms with Crippen LogP contribution >= 0.6 is 0 Å². The van der Waals surface area contributed by atoms with Gasteiger partial charge in [-0.3, -0.25) is 0 Å². The van der Waals surface area contributed by atoms with E-state index in [1.165, 1.54) is 0 Å². The molecule has 0 aliphatic rings. The minimum Gasteiger partial charge on any atom is -0.330 e. The van der Waals surface area contributed by atoms with Crippen LogP contribution < -0.4 is 5.73 Å². The Hall–Kier alpha value is -1.48. The Labute approximate surface area is 83.0 Å². The fourth-order valence-electron chi connectivity index (χ4n) is 1.60. The zero-order valence-electron chi connectivity index (χ0n) is 8.20. The van der Waals surface area contributed by atoms with Crippen LogP contribution in [0.1, 0.15) is 11.5 Å². The third-order valence-corrected chi connectivity index (χ3v) is 2.18. The highest BCUT2D eigenvalue weighted by Crippen LogP contribution is 2.15. The van der Waals surface area contributed by atoms with Crippen molar-refractivity contribution in [2.75, 3.05) is 6.54 Å². The molecule has 2 aromatic rings. The van der Waals surface area contributed by atoms with Crippen LogP contribution in [-0.2, 0) is 6.42 Å². The van der Waals surface area contributed by atoms with Crippen molar-refractivity contribution in [2.24, 2.45) is 5.73 Å². The molecule has 0 aliphatic carbocycles. The van der Waals surface area contributed by atoms with Crippen LogP contribution in [0.15, 0.2) is 24.3 Å². The first-order chi connectivity index (χ1) is 6.81. The van der Waals surface area contributed by atoms with E-state index in [4.69, 9.17) is 5.73 Å². The molecular formula is C11H13N3. The van der Waals surface area contributed by atoms with Crippen molar-refractivity contribution in [1.82, 2.24) is 9.97 Å². The van der Waals surface area contributed by atoms with Gasteiger partial charge in [0.2, 0.25) is 0 Å². The van der Waals surface area contributed by atoms with Gasteiger partial charge in [-0.15, -0.1) is 0 Å². The molecule has 0 saturated carbocycles. The van der Waals surface area contributed by atoms with Crippen molar-refractivity contribution in [1.29, 1.82) is 0 Å². The lowest BCUT2D eigenvalue weighted by molar-refractivity contribution is 0.908. The lowest BCUT2D eigenvalue weighted by Crippen LogP contribution is -2.06. The minimum atomic E-state index is 0.625. The lowest BCUT2D eigenvalue weighted by atomic mass is 10.1. The summed E-state index contributed by atoms with van der Waals surface area (Å²) < 4.78 is 0. The summed E-state index contributed by atoms with van der Waals surface area (Å²) in [6.07, 6.45) is 0.809. The summed E-state index contributed by atoms with van der Waals surface area (Å²) in [4.78, 5) is 8.77. The zero-order valence-corrected chi connectivity index (χ0v) is 8.20. The van der Waals surface area contributed by atoms with Gasteiger partial charge in [0.25, 0.3) is 0 Å². The zero-order chi connectivity index (χ0) is 9.97. The number of rotatable bonds is 2. The molecule has 0 bridgehead atoms. The van der Waals surface area contributed by atoms with Gasteiger partial charge in [0.15, 0.2) is 0 Å². The summed E-state index contributed by atoms with van der Waals surface area (Å²) in [5, 5.41) is 1.11. The first-order valence-electron chi connectivity index (χ1n) is 4.73. The molecule has 1 heterocycles. The number of fused-ring (bicyclic) bond motifs is 1. The number of nitrogens with zero attached hydrogens (tertiary/aromatic N) is 2. The fourth-order valence-corrected chi connectivity index (χ4v) is 1.60. The van der Waals surface area contributed by atoms with Crippen molar-refractivity contribution < 1.29 is 0 Å². The molecule has 0 atom stereocenters. The van der Waals surface area contributed by atoms with Crippen molar-refractivity contribution in [2.45, 2.75) is 13.3 Å². The molecule has 1 aromatic carbocycles. The van der Waals surface area contributed by atoms with Crippen LogP contribution in [0.25, 0.3) is 10.9 Å². The molecule has 0 saturated heterocycles. The SMILES string of the molecule is Cc1nc(CCN)c2ccccc2n1. The van der Waals surface area contributed by atoms with Gasteiger partial charge in [0.1, 0.15) is 5.82 Å². The van der Waals surface area contributed by atoms with Crippen LogP contribution in [0.3, 0.4) is 0 Å². The lowest BCUT2D eigenvalue weighted by Gasteiger charge is -2.04. The van der Waals surface area contributed by atoms with Gasteiger partial charge < -0.3 is 5.73 Å². The second kappa shape index (κ2) is 3.72. The molecule has 2 N–H and O–H groups in total. The van der Waals surface area contributed by atoms with Crippen molar-refractivity contribution in [3.63, 3.8) is 0 Å². The van der Waals surface area contributed by atoms with Gasteiger partial charge in [-0.05, 0) is 19.5 Å². The summed E-state index contributed by atoms with van der Waals surface area (Å²) >= 11 is 0. The molecule has 3 nitrogen and oxygen atoms in total. The normalized spacial score (nSPS) is 10.7. The first kappa shape index (κ1) is 9.09. The molecule has 1 aromatic heterocycles. The standard InChI is InChI=1S/C11H13N3/c1-8-13-10-5-3-2-4-9(10)11(14-8)6-7-12/h2-5H,6-7,12H2,1H3. The van der Waals surface area contributed by atoms with Gasteiger partial charge in [-0.2, -0.15) is 0 Å². The van der Waals surface area contributed by atoms with Crippen molar-refractivity contribution in [3.8, 4) is 0 Å². The minimum absolute atomic E-state index is 0.625. The highest BCUT2D eigenvalue weighted by atomic mass is 14.9. The molecule has 0 amide bonds. The van der Waals surface area contributed by atoms with E-state index in [2.05, 4.69) is 9.97 Å². The monoisotopic (exact) mass is 187 g/mol. The van der Waals surface area contributed by atoms with Crippen LogP contribution in [0.2, 0.25) is 0 Å². The molecule has 2 rings (SSSR count). The first-order valence-corrected chi connectivity index (χ1v) is 4.73. The Balaban J connectivity index is 2.67. The summed E-state index contributed by atoms with van der Waals surface area (Å²) in [6, 6.07) is 8.03. The van der Waals surface area contributed by atoms with E-state index < -0.39 is 0 Å². The van der Waals surface area contributed by atoms with E-state index in [-0.39, 0.29) is 0 Å².